The molecule has 0 radical (unpaired) electrons. The van der Waals surface area contributed by atoms with E-state index < -0.39 is 0 Å². The lowest BCUT2D eigenvalue weighted by atomic mass is 10.0. The van der Waals surface area contributed by atoms with Gasteiger partial charge >= 0.3 is 0 Å². The predicted molar refractivity (Wildman–Crippen MR) is 206 cm³/mol. The Morgan fingerprint density at radius 3 is 2.12 bits per heavy atom. The maximum absolute atomic E-state index is 6.77. The van der Waals surface area contributed by atoms with Gasteiger partial charge < -0.3 is 8.98 Å². The number of fused-ring (bicyclic) bond motifs is 6. The monoisotopic (exact) mass is 646 g/mol. The summed E-state index contributed by atoms with van der Waals surface area (Å²) in [6.07, 6.45) is 1.53. The van der Waals surface area contributed by atoms with Crippen molar-refractivity contribution in [2.45, 2.75) is 12.7 Å². The van der Waals surface area contributed by atoms with Crippen LogP contribution in [0.3, 0.4) is 0 Å². The number of rotatable bonds is 8. The number of nitrogens with two attached hydrogens (primary N) is 1. The molecule has 9 aromatic rings. The molecule has 240 valence electrons. The number of aromatic nitrogens is 1. The molecule has 0 spiro atoms. The first-order valence-corrected chi connectivity index (χ1v) is 16.9. The van der Waals surface area contributed by atoms with Crippen LogP contribution >= 0.6 is 0 Å². The smallest absolute Gasteiger partial charge is 0.143 e. The van der Waals surface area contributed by atoms with Gasteiger partial charge in [0.05, 0.1) is 11.0 Å². The number of aliphatic imine (C=N–C) groups is 1. The minimum absolute atomic E-state index is 0.376. The van der Waals surface area contributed by atoms with Gasteiger partial charge in [0.1, 0.15) is 17.3 Å². The van der Waals surface area contributed by atoms with Gasteiger partial charge in [0.25, 0.3) is 0 Å². The molecular formula is C45H34N4O. The molecule has 1 atom stereocenters. The Morgan fingerprint density at radius 1 is 0.620 bits per heavy atom. The highest BCUT2D eigenvalue weighted by Gasteiger charge is 2.19. The Balaban J connectivity index is 1.14. The zero-order chi connectivity index (χ0) is 33.4. The van der Waals surface area contributed by atoms with Crippen molar-refractivity contribution < 1.29 is 4.42 Å². The highest BCUT2D eigenvalue weighted by atomic mass is 16.3. The van der Waals surface area contributed by atoms with E-state index >= 15 is 0 Å². The number of benzene rings is 7. The highest BCUT2D eigenvalue weighted by Crippen LogP contribution is 2.39. The highest BCUT2D eigenvalue weighted by molar-refractivity contribution is 6.12. The van der Waals surface area contributed by atoms with E-state index in [1.165, 1.54) is 10.8 Å². The molecule has 0 bridgehead atoms. The lowest BCUT2D eigenvalue weighted by Crippen LogP contribution is -2.34. The Hall–Kier alpha value is -6.27. The van der Waals surface area contributed by atoms with Crippen LogP contribution in [0, 0.1) is 0 Å². The molecule has 0 amide bonds. The summed E-state index contributed by atoms with van der Waals surface area (Å²) in [5, 5.41) is 6.47. The van der Waals surface area contributed by atoms with Crippen molar-refractivity contribution in [2.75, 3.05) is 0 Å². The summed E-state index contributed by atoms with van der Waals surface area (Å²) in [5.74, 6) is 6.77. The summed E-state index contributed by atoms with van der Waals surface area (Å²) in [5.41, 5.74) is 10.5. The Labute approximate surface area is 290 Å². The van der Waals surface area contributed by atoms with E-state index in [9.17, 15) is 0 Å². The van der Waals surface area contributed by atoms with E-state index in [2.05, 4.69) is 114 Å². The maximum atomic E-state index is 6.77. The molecule has 9 rings (SSSR count). The molecule has 2 aromatic heterocycles. The van der Waals surface area contributed by atoms with Gasteiger partial charge in [-0.1, -0.05) is 140 Å². The average molecular weight is 647 g/mol. The van der Waals surface area contributed by atoms with Gasteiger partial charge in [-0.05, 0) is 52.6 Å². The fourth-order valence-electron chi connectivity index (χ4n) is 7.13. The van der Waals surface area contributed by atoms with Crippen molar-refractivity contribution in [3.63, 3.8) is 0 Å². The molecule has 0 saturated heterocycles. The van der Waals surface area contributed by atoms with Crippen LogP contribution in [0.25, 0.3) is 60.6 Å². The third-order valence-corrected chi connectivity index (χ3v) is 9.52. The van der Waals surface area contributed by atoms with Gasteiger partial charge in [-0.25, -0.2) is 5.01 Å². The van der Waals surface area contributed by atoms with Crippen molar-refractivity contribution in [3.8, 4) is 16.8 Å². The zero-order valence-corrected chi connectivity index (χ0v) is 27.4. The summed E-state index contributed by atoms with van der Waals surface area (Å²) in [6, 6.07) is 59.0. The summed E-state index contributed by atoms with van der Waals surface area (Å²) < 4.78 is 8.78. The largest absolute Gasteiger partial charge is 0.455 e. The minimum atomic E-state index is -0.376. The van der Waals surface area contributed by atoms with Gasteiger partial charge in [0, 0.05) is 45.6 Å². The fraction of sp³-hybridized carbons (Fsp3) is 0.0444. The first kappa shape index (κ1) is 29.8. The summed E-state index contributed by atoms with van der Waals surface area (Å²) in [6.45, 7) is 0.563. The molecule has 0 saturated carbocycles. The van der Waals surface area contributed by atoms with Gasteiger partial charge in [0.2, 0.25) is 0 Å². The van der Waals surface area contributed by atoms with Gasteiger partial charge in [-0.15, -0.1) is 0 Å². The van der Waals surface area contributed by atoms with Crippen molar-refractivity contribution in [2.24, 2.45) is 10.8 Å². The Morgan fingerprint density at radius 2 is 1.30 bits per heavy atom. The summed E-state index contributed by atoms with van der Waals surface area (Å²) in [4.78, 5) is 5.00. The van der Waals surface area contributed by atoms with Crippen LogP contribution < -0.4 is 5.84 Å². The normalized spacial score (nSPS) is 12.6. The molecule has 0 aliphatic rings. The number of nitrogens with zero attached hydrogens (tertiary/aromatic N) is 3. The molecule has 50 heavy (non-hydrogen) atoms. The third kappa shape index (κ3) is 5.35. The van der Waals surface area contributed by atoms with E-state index in [0.29, 0.717) is 6.54 Å². The van der Waals surface area contributed by atoms with E-state index in [-0.39, 0.29) is 6.17 Å². The number of hydrogen-bond acceptors (Lipinski definition) is 4. The molecule has 1 unspecified atom stereocenters. The first-order valence-electron chi connectivity index (χ1n) is 16.9. The van der Waals surface area contributed by atoms with Crippen LogP contribution in [0.15, 0.2) is 179 Å². The minimum Gasteiger partial charge on any atom is -0.455 e. The molecule has 0 aliphatic carbocycles. The second-order valence-electron chi connectivity index (χ2n) is 12.7. The lowest BCUT2D eigenvalue weighted by molar-refractivity contribution is 0.199. The van der Waals surface area contributed by atoms with E-state index in [1.54, 1.807) is 5.01 Å². The Bertz CT molecular complexity index is 2640. The van der Waals surface area contributed by atoms with Crippen LogP contribution in [0.2, 0.25) is 0 Å². The standard InChI is InChI=1S/C45H34N4O/c46-48(30-32-14-5-2-6-15-32)45(47-29-31-12-3-1-4-13-31)33-22-25-35(26-23-33)49-41-20-9-7-16-37(41)38-27-24-34(28-42(38)49)36-18-11-19-40-39-17-8-10-21-43(39)50-44(36)40/h1-29,45H,30,46H2/b47-29+. The fourth-order valence-corrected chi connectivity index (χ4v) is 7.13. The third-order valence-electron chi connectivity index (χ3n) is 9.52. The van der Waals surface area contributed by atoms with Crippen LogP contribution in [-0.4, -0.2) is 15.8 Å². The maximum Gasteiger partial charge on any atom is 0.143 e. The van der Waals surface area contributed by atoms with Crippen LogP contribution in [0.5, 0.6) is 0 Å². The van der Waals surface area contributed by atoms with Crippen LogP contribution in [-0.2, 0) is 6.54 Å². The van der Waals surface area contributed by atoms with Gasteiger partial charge in [-0.2, -0.15) is 0 Å². The second kappa shape index (κ2) is 12.6. The molecule has 2 N–H and O–H groups in total. The number of hydrogen-bond donors (Lipinski definition) is 1. The molecule has 5 heteroatoms. The first-order chi connectivity index (χ1) is 24.7. The topological polar surface area (TPSA) is 59.7 Å². The molecule has 2 heterocycles. The van der Waals surface area contributed by atoms with Gasteiger partial charge in [-0.3, -0.25) is 10.8 Å². The van der Waals surface area contributed by atoms with Gasteiger partial charge in [0.15, 0.2) is 0 Å². The molecule has 0 fully saturated rings. The molecular weight excluding hydrogens is 613 g/mol. The quantitative estimate of drug-likeness (QED) is 0.102. The lowest BCUT2D eigenvalue weighted by Gasteiger charge is -2.25. The second-order valence-corrected chi connectivity index (χ2v) is 12.7. The van der Waals surface area contributed by atoms with Crippen molar-refractivity contribution in [1.29, 1.82) is 0 Å². The van der Waals surface area contributed by atoms with Crippen LogP contribution in [0.4, 0.5) is 0 Å². The number of hydrazine groups is 1. The van der Waals surface area contributed by atoms with Crippen LogP contribution in [0.1, 0.15) is 22.9 Å². The molecule has 5 nitrogen and oxygen atoms in total. The van der Waals surface area contributed by atoms with Crippen molar-refractivity contribution >= 4 is 50.0 Å². The SMILES string of the molecule is NN(Cc1ccccc1)C(/N=C/c1ccccc1)c1ccc(-n2c3ccccc3c3ccc(-c4cccc5c4oc4ccccc45)cc32)cc1. The van der Waals surface area contributed by atoms with E-state index in [1.807, 2.05) is 66.9 Å². The van der Waals surface area contributed by atoms with E-state index in [0.717, 1.165) is 66.5 Å². The Kier molecular flexibility index (Phi) is 7.54. The summed E-state index contributed by atoms with van der Waals surface area (Å²) >= 11 is 0. The van der Waals surface area contributed by atoms with Crippen molar-refractivity contribution in [1.82, 2.24) is 9.58 Å². The number of furan rings is 1. The predicted octanol–water partition coefficient (Wildman–Crippen LogP) is 10.8. The number of para-hydroxylation sites is 3. The average Bonchev–Trinajstić information content (AvgIpc) is 3.72. The zero-order valence-electron chi connectivity index (χ0n) is 27.4. The summed E-state index contributed by atoms with van der Waals surface area (Å²) in [7, 11) is 0. The molecule has 0 aliphatic heterocycles. The van der Waals surface area contributed by atoms with E-state index in [4.69, 9.17) is 15.3 Å². The molecule has 7 aromatic carbocycles. The van der Waals surface area contributed by atoms with Crippen molar-refractivity contribution in [3.05, 3.63) is 187 Å².